The number of methoxy groups -OCH3 is 2. The zero-order valence-electron chi connectivity index (χ0n) is 15.9. The maximum atomic E-state index is 5.47. The predicted molar refractivity (Wildman–Crippen MR) is 105 cm³/mol. The third-order valence-electron chi connectivity index (χ3n) is 4.61. The van der Waals surface area contributed by atoms with Crippen LogP contribution in [0.1, 0.15) is 25.0 Å². The summed E-state index contributed by atoms with van der Waals surface area (Å²) in [7, 11) is 3.33. The maximum absolute atomic E-state index is 5.47. The molecule has 0 aliphatic heterocycles. The summed E-state index contributed by atoms with van der Waals surface area (Å²) in [5, 5.41) is 1.30. The third kappa shape index (κ3) is 3.23. The van der Waals surface area contributed by atoms with Gasteiger partial charge < -0.3 is 14.0 Å². The van der Waals surface area contributed by atoms with E-state index >= 15 is 0 Å². The summed E-state index contributed by atoms with van der Waals surface area (Å²) in [5.41, 5.74) is 6.22. The molecule has 0 spiro atoms. The minimum absolute atomic E-state index is 0.751. The lowest BCUT2D eigenvalue weighted by Crippen LogP contribution is -2.01. The molecule has 1 radical (unpaired) electrons. The van der Waals surface area contributed by atoms with Gasteiger partial charge in [-0.2, -0.15) is 0 Å². The van der Waals surface area contributed by atoms with Crippen LogP contribution in [0, 0.1) is 19.8 Å². The summed E-state index contributed by atoms with van der Waals surface area (Å²) in [6, 6.07) is 10.7. The van der Waals surface area contributed by atoms with E-state index in [1.54, 1.807) is 14.2 Å². The second-order valence-corrected chi connectivity index (χ2v) is 6.90. The van der Waals surface area contributed by atoms with Crippen LogP contribution in [0.3, 0.4) is 0 Å². The van der Waals surface area contributed by atoms with Gasteiger partial charge >= 0.3 is 0 Å². The minimum atomic E-state index is 0.751. The third-order valence-corrected chi connectivity index (χ3v) is 4.61. The van der Waals surface area contributed by atoms with Gasteiger partial charge in [0.1, 0.15) is 0 Å². The predicted octanol–water partition coefficient (Wildman–Crippen LogP) is 5.56. The van der Waals surface area contributed by atoms with E-state index in [1.807, 2.05) is 12.1 Å². The number of aromatic nitrogens is 1. The Morgan fingerprint density at radius 2 is 1.64 bits per heavy atom. The lowest BCUT2D eigenvalue weighted by Gasteiger charge is -2.13. The SMILES string of the molecule is COc1ccc(-c2cc3c(C)cn(C[C](C)C)c3cc2C)cc1OC. The van der Waals surface area contributed by atoms with E-state index in [0.29, 0.717) is 0 Å². The summed E-state index contributed by atoms with van der Waals surface area (Å²) >= 11 is 0. The van der Waals surface area contributed by atoms with E-state index < -0.39 is 0 Å². The van der Waals surface area contributed by atoms with Gasteiger partial charge in [-0.05, 0) is 66.3 Å². The zero-order chi connectivity index (χ0) is 18.1. The first-order valence-corrected chi connectivity index (χ1v) is 8.56. The summed E-state index contributed by atoms with van der Waals surface area (Å²) < 4.78 is 13.2. The normalized spacial score (nSPS) is 11.3. The monoisotopic (exact) mass is 336 g/mol. The molecule has 25 heavy (non-hydrogen) atoms. The average Bonchev–Trinajstić information content (AvgIpc) is 2.87. The first-order chi connectivity index (χ1) is 11.9. The van der Waals surface area contributed by atoms with Crippen molar-refractivity contribution in [1.82, 2.24) is 4.57 Å². The second kappa shape index (κ2) is 6.83. The topological polar surface area (TPSA) is 23.4 Å². The van der Waals surface area contributed by atoms with Gasteiger partial charge in [-0.25, -0.2) is 0 Å². The number of benzene rings is 2. The van der Waals surface area contributed by atoms with E-state index in [1.165, 1.54) is 33.5 Å². The van der Waals surface area contributed by atoms with Crippen LogP contribution in [-0.4, -0.2) is 18.8 Å². The summed E-state index contributed by atoms with van der Waals surface area (Å²) in [4.78, 5) is 0. The van der Waals surface area contributed by atoms with E-state index in [-0.39, 0.29) is 0 Å². The van der Waals surface area contributed by atoms with Gasteiger partial charge in [0.2, 0.25) is 0 Å². The molecule has 0 N–H and O–H groups in total. The molecule has 2 aromatic carbocycles. The van der Waals surface area contributed by atoms with Crippen LogP contribution in [0.5, 0.6) is 11.5 Å². The Labute approximate surface area is 150 Å². The zero-order valence-corrected chi connectivity index (χ0v) is 15.9. The van der Waals surface area contributed by atoms with Crippen LogP contribution in [0.2, 0.25) is 0 Å². The van der Waals surface area contributed by atoms with Crippen molar-refractivity contribution < 1.29 is 9.47 Å². The quantitative estimate of drug-likeness (QED) is 0.609. The summed E-state index contributed by atoms with van der Waals surface area (Å²) in [6.07, 6.45) is 2.25. The van der Waals surface area contributed by atoms with E-state index in [2.05, 4.69) is 56.7 Å². The fourth-order valence-corrected chi connectivity index (χ4v) is 3.41. The van der Waals surface area contributed by atoms with Crippen molar-refractivity contribution in [2.75, 3.05) is 14.2 Å². The van der Waals surface area contributed by atoms with Gasteiger partial charge in [0.05, 0.1) is 14.2 Å². The molecular formula is C22H26NO2. The second-order valence-electron chi connectivity index (χ2n) is 6.90. The molecule has 0 unspecified atom stereocenters. The Morgan fingerprint density at radius 3 is 2.28 bits per heavy atom. The number of aryl methyl sites for hydroxylation is 2. The number of fused-ring (bicyclic) bond motifs is 1. The lowest BCUT2D eigenvalue weighted by atomic mass is 9.97. The highest BCUT2D eigenvalue weighted by molar-refractivity contribution is 5.90. The molecule has 0 saturated heterocycles. The molecule has 3 rings (SSSR count). The molecule has 1 heterocycles. The fraction of sp³-hybridized carbons (Fsp3) is 0.318. The number of hydrogen-bond acceptors (Lipinski definition) is 2. The Kier molecular flexibility index (Phi) is 4.76. The van der Waals surface area contributed by atoms with Crippen LogP contribution in [0.25, 0.3) is 22.0 Å². The molecule has 0 atom stereocenters. The molecule has 0 saturated carbocycles. The lowest BCUT2D eigenvalue weighted by molar-refractivity contribution is 0.355. The molecule has 131 valence electrons. The Balaban J connectivity index is 2.15. The van der Waals surface area contributed by atoms with Crippen molar-refractivity contribution in [3.63, 3.8) is 0 Å². The number of hydrogen-bond donors (Lipinski definition) is 0. The van der Waals surface area contributed by atoms with Crippen LogP contribution < -0.4 is 9.47 Å². The first-order valence-electron chi connectivity index (χ1n) is 8.56. The molecule has 0 amide bonds. The van der Waals surface area contributed by atoms with Gasteiger partial charge in [0.25, 0.3) is 0 Å². The highest BCUT2D eigenvalue weighted by atomic mass is 16.5. The molecule has 0 aliphatic rings. The average molecular weight is 336 g/mol. The van der Waals surface area contributed by atoms with Crippen molar-refractivity contribution >= 4 is 10.9 Å². The Bertz CT molecular complexity index is 906. The van der Waals surface area contributed by atoms with E-state index in [9.17, 15) is 0 Å². The van der Waals surface area contributed by atoms with Crippen LogP contribution >= 0.6 is 0 Å². The highest BCUT2D eigenvalue weighted by Gasteiger charge is 2.13. The fourth-order valence-electron chi connectivity index (χ4n) is 3.41. The Morgan fingerprint density at radius 1 is 0.920 bits per heavy atom. The van der Waals surface area contributed by atoms with Crippen molar-refractivity contribution in [2.24, 2.45) is 0 Å². The first kappa shape index (κ1) is 17.4. The highest BCUT2D eigenvalue weighted by Crippen LogP contribution is 2.36. The van der Waals surface area contributed by atoms with Crippen molar-refractivity contribution in [1.29, 1.82) is 0 Å². The van der Waals surface area contributed by atoms with Gasteiger partial charge in [0, 0.05) is 23.6 Å². The largest absolute Gasteiger partial charge is 0.493 e. The molecule has 3 nitrogen and oxygen atoms in total. The van der Waals surface area contributed by atoms with Crippen molar-refractivity contribution in [3.8, 4) is 22.6 Å². The van der Waals surface area contributed by atoms with Gasteiger partial charge in [-0.15, -0.1) is 0 Å². The molecule has 3 heteroatoms. The number of rotatable bonds is 5. The molecule has 0 aliphatic carbocycles. The smallest absolute Gasteiger partial charge is 0.161 e. The molecule has 1 aromatic heterocycles. The number of ether oxygens (including phenoxy) is 2. The summed E-state index contributed by atoms with van der Waals surface area (Å²) in [5.74, 6) is 2.91. The minimum Gasteiger partial charge on any atom is -0.493 e. The van der Waals surface area contributed by atoms with Crippen molar-refractivity contribution in [2.45, 2.75) is 34.2 Å². The molecule has 0 fully saturated rings. The van der Waals surface area contributed by atoms with Gasteiger partial charge in [0.15, 0.2) is 11.5 Å². The Hall–Kier alpha value is -2.42. The maximum Gasteiger partial charge on any atom is 0.161 e. The van der Waals surface area contributed by atoms with E-state index in [0.717, 1.165) is 23.6 Å². The van der Waals surface area contributed by atoms with Crippen LogP contribution in [-0.2, 0) is 6.54 Å². The molecule has 3 aromatic rings. The van der Waals surface area contributed by atoms with Crippen LogP contribution in [0.4, 0.5) is 0 Å². The van der Waals surface area contributed by atoms with Gasteiger partial charge in [-0.1, -0.05) is 19.9 Å². The molecular weight excluding hydrogens is 310 g/mol. The van der Waals surface area contributed by atoms with Crippen molar-refractivity contribution in [3.05, 3.63) is 53.6 Å². The number of nitrogens with zero attached hydrogens (tertiary/aromatic N) is 1. The van der Waals surface area contributed by atoms with E-state index in [4.69, 9.17) is 9.47 Å². The standard InChI is InChI=1S/C22H26NO2/c1-14(2)12-23-13-16(4)19-11-18(15(3)9-20(19)23)17-7-8-21(24-5)22(10-17)25-6/h7-11,13H,12H2,1-6H3. The molecule has 0 bridgehead atoms. The van der Waals surface area contributed by atoms with Gasteiger partial charge in [-0.3, -0.25) is 0 Å². The summed E-state index contributed by atoms with van der Waals surface area (Å²) in [6.45, 7) is 9.65. The van der Waals surface area contributed by atoms with Crippen LogP contribution in [0.15, 0.2) is 36.5 Å².